The van der Waals surface area contributed by atoms with E-state index in [0.717, 1.165) is 22.7 Å². The maximum atomic E-state index is 5.19. The molecule has 3 nitrogen and oxygen atoms in total. The summed E-state index contributed by atoms with van der Waals surface area (Å²) in [6, 6.07) is 38.7. The Labute approximate surface area is 224 Å². The highest BCUT2D eigenvalue weighted by Crippen LogP contribution is 2.42. The predicted molar refractivity (Wildman–Crippen MR) is 162 cm³/mol. The van der Waals surface area contributed by atoms with Crippen LogP contribution in [0.2, 0.25) is 0 Å². The summed E-state index contributed by atoms with van der Waals surface area (Å²) in [5, 5.41) is 4.84. The molecular weight excluding hydrogens is 464 g/mol. The van der Waals surface area contributed by atoms with Crippen molar-refractivity contribution >= 4 is 44.3 Å². The largest absolute Gasteiger partial charge is 0.497 e. The van der Waals surface area contributed by atoms with Gasteiger partial charge in [-0.3, -0.25) is 0 Å². The van der Waals surface area contributed by atoms with Gasteiger partial charge in [0.1, 0.15) is 5.76 Å². The molecule has 0 N–H and O–H groups in total. The minimum atomic E-state index is 0.694. The Morgan fingerprint density at radius 3 is 1.79 bits per heavy atom. The minimum absolute atomic E-state index is 0.694. The van der Waals surface area contributed by atoms with Gasteiger partial charge in [0.05, 0.1) is 18.5 Å². The lowest BCUT2D eigenvalue weighted by Gasteiger charge is -2.28. The number of hydrogen-bond donors (Lipinski definition) is 0. The summed E-state index contributed by atoms with van der Waals surface area (Å²) in [5.41, 5.74) is 7.61. The smallest absolute Gasteiger partial charge is 0.118 e. The SMILES string of the molecule is C=C/C(=C\C=C=CN(C)c1ccc(N(c2cccc3ccccc23)c2cccc3ccccc23)cc1)OC. The molecule has 0 aromatic heterocycles. The van der Waals surface area contributed by atoms with Crippen molar-refractivity contribution in [3.63, 3.8) is 0 Å². The van der Waals surface area contributed by atoms with Gasteiger partial charge in [0.2, 0.25) is 0 Å². The standard InChI is InChI=1S/C35H30N2O/c1-4-31(38-3)17-9-10-26-36(2)29-22-24-30(25-23-29)37(34-20-11-15-27-13-5-7-18-32(27)34)35-21-12-16-28-14-6-8-19-33(28)35/h4-9,11-26H,1H2,2-3H3/b31-17+. The van der Waals surface area contributed by atoms with E-state index in [-0.39, 0.29) is 0 Å². The first-order valence-electron chi connectivity index (χ1n) is 12.6. The Hall–Kier alpha value is -4.98. The Kier molecular flexibility index (Phi) is 7.40. The molecule has 5 aromatic rings. The number of fused-ring (bicyclic) bond motifs is 2. The van der Waals surface area contributed by atoms with Gasteiger partial charge >= 0.3 is 0 Å². The molecule has 0 aliphatic rings. The van der Waals surface area contributed by atoms with Crippen LogP contribution in [0.4, 0.5) is 22.7 Å². The fraction of sp³-hybridized carbons (Fsp3) is 0.0571. The summed E-state index contributed by atoms with van der Waals surface area (Å²) >= 11 is 0. The molecular formula is C35H30N2O. The summed E-state index contributed by atoms with van der Waals surface area (Å²) < 4.78 is 5.19. The quantitative estimate of drug-likeness (QED) is 0.121. The molecule has 0 aliphatic heterocycles. The third kappa shape index (κ3) is 5.10. The molecule has 0 aliphatic carbocycles. The molecule has 3 heteroatoms. The lowest BCUT2D eigenvalue weighted by Crippen LogP contribution is -2.12. The van der Waals surface area contributed by atoms with Gasteiger partial charge in [-0.2, -0.15) is 0 Å². The fourth-order valence-corrected chi connectivity index (χ4v) is 4.63. The van der Waals surface area contributed by atoms with Gasteiger partial charge in [0, 0.05) is 35.4 Å². The van der Waals surface area contributed by atoms with Crippen molar-refractivity contribution in [3.05, 3.63) is 152 Å². The highest BCUT2D eigenvalue weighted by Gasteiger charge is 2.17. The summed E-state index contributed by atoms with van der Waals surface area (Å²) in [7, 11) is 3.63. The van der Waals surface area contributed by atoms with Gasteiger partial charge in [-0.1, -0.05) is 79.4 Å². The lowest BCUT2D eigenvalue weighted by atomic mass is 10.0. The number of anilines is 4. The monoisotopic (exact) mass is 494 g/mol. The van der Waals surface area contributed by atoms with Crippen LogP contribution in [0.1, 0.15) is 0 Å². The Bertz CT molecular complexity index is 1580. The van der Waals surface area contributed by atoms with Gasteiger partial charge in [0.25, 0.3) is 0 Å². The van der Waals surface area contributed by atoms with Crippen LogP contribution in [0.3, 0.4) is 0 Å². The molecule has 38 heavy (non-hydrogen) atoms. The Morgan fingerprint density at radius 2 is 1.24 bits per heavy atom. The Morgan fingerprint density at radius 1 is 0.711 bits per heavy atom. The molecule has 5 aromatic carbocycles. The molecule has 0 amide bonds. The first kappa shape index (κ1) is 24.7. The maximum absolute atomic E-state index is 5.19. The zero-order valence-corrected chi connectivity index (χ0v) is 21.7. The second-order valence-electron chi connectivity index (χ2n) is 8.90. The van der Waals surface area contributed by atoms with Gasteiger partial charge in [-0.25, -0.2) is 0 Å². The van der Waals surface area contributed by atoms with E-state index in [0.29, 0.717) is 5.76 Å². The number of benzene rings is 5. The van der Waals surface area contributed by atoms with Crippen LogP contribution < -0.4 is 9.80 Å². The average Bonchev–Trinajstić information content (AvgIpc) is 2.98. The van der Waals surface area contributed by atoms with Crippen LogP contribution >= 0.6 is 0 Å². The van der Waals surface area contributed by atoms with Crippen molar-refractivity contribution in [1.82, 2.24) is 0 Å². The van der Waals surface area contributed by atoms with Crippen molar-refractivity contribution in [2.45, 2.75) is 0 Å². The second-order valence-corrected chi connectivity index (χ2v) is 8.90. The molecule has 186 valence electrons. The third-order valence-electron chi connectivity index (χ3n) is 6.58. The van der Waals surface area contributed by atoms with Crippen LogP contribution in [-0.2, 0) is 4.74 Å². The second kappa shape index (κ2) is 11.4. The van der Waals surface area contributed by atoms with E-state index in [9.17, 15) is 0 Å². The van der Waals surface area contributed by atoms with Gasteiger partial charge < -0.3 is 14.5 Å². The van der Waals surface area contributed by atoms with Crippen molar-refractivity contribution in [3.8, 4) is 0 Å². The van der Waals surface area contributed by atoms with Gasteiger partial charge in [-0.05, 0) is 65.4 Å². The van der Waals surface area contributed by atoms with Crippen molar-refractivity contribution in [1.29, 1.82) is 0 Å². The minimum Gasteiger partial charge on any atom is -0.497 e. The molecule has 0 atom stereocenters. The summed E-state index contributed by atoms with van der Waals surface area (Å²) in [6.07, 6.45) is 7.20. The van der Waals surface area contributed by atoms with Gasteiger partial charge in [-0.15, -0.1) is 5.73 Å². The molecule has 0 saturated carbocycles. The van der Waals surface area contributed by atoms with Crippen LogP contribution in [0, 0.1) is 0 Å². The van der Waals surface area contributed by atoms with Crippen LogP contribution in [0.15, 0.2) is 152 Å². The zero-order valence-electron chi connectivity index (χ0n) is 21.7. The fourth-order valence-electron chi connectivity index (χ4n) is 4.63. The highest BCUT2D eigenvalue weighted by molar-refractivity contribution is 6.04. The normalized spacial score (nSPS) is 11.1. The zero-order chi connectivity index (χ0) is 26.3. The first-order valence-corrected chi connectivity index (χ1v) is 12.6. The summed E-state index contributed by atoms with van der Waals surface area (Å²) in [6.45, 7) is 3.73. The first-order chi connectivity index (χ1) is 18.7. The summed E-state index contributed by atoms with van der Waals surface area (Å²) in [5.74, 6) is 0.694. The van der Waals surface area contributed by atoms with Crippen molar-refractivity contribution in [2.24, 2.45) is 0 Å². The third-order valence-corrected chi connectivity index (χ3v) is 6.58. The summed E-state index contributed by atoms with van der Waals surface area (Å²) in [4.78, 5) is 4.39. The average molecular weight is 495 g/mol. The number of allylic oxidation sites excluding steroid dienone is 3. The molecule has 0 fully saturated rings. The molecule has 5 rings (SSSR count). The number of nitrogens with zero attached hydrogens (tertiary/aromatic N) is 2. The maximum Gasteiger partial charge on any atom is 0.118 e. The van der Waals surface area contributed by atoms with Crippen molar-refractivity contribution < 1.29 is 4.74 Å². The molecule has 0 radical (unpaired) electrons. The molecule has 0 bridgehead atoms. The number of ether oxygens (including phenoxy) is 1. The van der Waals surface area contributed by atoms with Crippen LogP contribution in [0.25, 0.3) is 21.5 Å². The lowest BCUT2D eigenvalue weighted by molar-refractivity contribution is 0.307. The number of hydrogen-bond acceptors (Lipinski definition) is 3. The highest BCUT2D eigenvalue weighted by atomic mass is 16.5. The molecule has 0 spiro atoms. The number of rotatable bonds is 8. The van der Waals surface area contributed by atoms with E-state index < -0.39 is 0 Å². The molecule has 0 heterocycles. The van der Waals surface area contributed by atoms with E-state index in [1.807, 2.05) is 30.3 Å². The van der Waals surface area contributed by atoms with Gasteiger partial charge in [0.15, 0.2) is 0 Å². The van der Waals surface area contributed by atoms with E-state index in [1.165, 1.54) is 21.5 Å². The Balaban J connectivity index is 1.58. The van der Waals surface area contributed by atoms with Crippen molar-refractivity contribution in [2.75, 3.05) is 24.0 Å². The van der Waals surface area contributed by atoms with Crippen LogP contribution in [0.5, 0.6) is 0 Å². The molecule has 0 unspecified atom stereocenters. The van der Waals surface area contributed by atoms with E-state index in [1.54, 1.807) is 13.2 Å². The predicted octanol–water partition coefficient (Wildman–Crippen LogP) is 9.28. The van der Waals surface area contributed by atoms with Crippen LogP contribution in [-0.4, -0.2) is 14.2 Å². The van der Waals surface area contributed by atoms with E-state index in [4.69, 9.17) is 4.74 Å². The molecule has 0 saturated heterocycles. The number of methoxy groups -OCH3 is 1. The van der Waals surface area contributed by atoms with E-state index >= 15 is 0 Å². The van der Waals surface area contributed by atoms with E-state index in [2.05, 4.69) is 126 Å². The topological polar surface area (TPSA) is 15.7 Å².